The number of anilines is 2. The van der Waals surface area contributed by atoms with Gasteiger partial charge in [0.05, 0.1) is 0 Å². The summed E-state index contributed by atoms with van der Waals surface area (Å²) in [5.41, 5.74) is 5.90. The first-order chi connectivity index (χ1) is 11.3. The van der Waals surface area contributed by atoms with E-state index in [0.717, 1.165) is 28.1 Å². The highest BCUT2D eigenvalue weighted by molar-refractivity contribution is 6.01. The van der Waals surface area contributed by atoms with Gasteiger partial charge in [0.15, 0.2) is 0 Å². The smallest absolute Gasteiger partial charge is 0.244 e. The van der Waals surface area contributed by atoms with E-state index in [-0.39, 0.29) is 18.4 Å². The van der Waals surface area contributed by atoms with Crippen molar-refractivity contribution in [2.75, 3.05) is 16.8 Å². The summed E-state index contributed by atoms with van der Waals surface area (Å²) in [6.45, 7) is 9.45. The first kappa shape index (κ1) is 17.7. The Bertz CT molecular complexity index is 761. The highest BCUT2D eigenvalue weighted by Crippen LogP contribution is 2.19. The lowest BCUT2D eigenvalue weighted by atomic mass is 10.1. The van der Waals surface area contributed by atoms with Crippen LogP contribution in [0.2, 0.25) is 0 Å². The molecule has 1 N–H and O–H groups in total. The molecular formula is C20H24N2O2. The molecule has 0 atom stereocenters. The van der Waals surface area contributed by atoms with Gasteiger partial charge in [-0.15, -0.1) is 0 Å². The van der Waals surface area contributed by atoms with Crippen molar-refractivity contribution in [3.8, 4) is 0 Å². The molecule has 0 heterocycles. The largest absolute Gasteiger partial charge is 0.325 e. The number of carbonyl (C=O) groups is 2. The number of hydrogen-bond donors (Lipinski definition) is 1. The summed E-state index contributed by atoms with van der Waals surface area (Å²) in [5, 5.41) is 2.86. The number of hydrogen-bond acceptors (Lipinski definition) is 2. The minimum Gasteiger partial charge on any atom is -0.325 e. The predicted octanol–water partition coefficient (Wildman–Crippen LogP) is 3.91. The third kappa shape index (κ3) is 4.44. The fraction of sp³-hybridized carbons (Fsp3) is 0.300. The average Bonchev–Trinajstić information content (AvgIpc) is 2.47. The van der Waals surface area contributed by atoms with Crippen molar-refractivity contribution < 1.29 is 9.59 Å². The number of aryl methyl sites for hydroxylation is 4. The average molecular weight is 324 g/mol. The molecule has 0 aliphatic carbocycles. The molecule has 0 aromatic heterocycles. The maximum Gasteiger partial charge on any atom is 0.244 e. The molecule has 0 unspecified atom stereocenters. The second kappa shape index (κ2) is 7.30. The quantitative estimate of drug-likeness (QED) is 0.927. The second-order valence-electron chi connectivity index (χ2n) is 6.30. The van der Waals surface area contributed by atoms with E-state index >= 15 is 0 Å². The van der Waals surface area contributed by atoms with E-state index in [1.807, 2.05) is 64.1 Å². The van der Waals surface area contributed by atoms with Gasteiger partial charge in [0, 0.05) is 18.3 Å². The SMILES string of the molecule is CC(=O)N(CC(=O)Nc1ccc(C)c(C)c1)c1cc(C)cc(C)c1. The van der Waals surface area contributed by atoms with Crippen molar-refractivity contribution in [3.63, 3.8) is 0 Å². The molecule has 0 radical (unpaired) electrons. The Morgan fingerprint density at radius 1 is 0.917 bits per heavy atom. The van der Waals surface area contributed by atoms with Crippen LogP contribution >= 0.6 is 0 Å². The highest BCUT2D eigenvalue weighted by atomic mass is 16.2. The molecule has 4 heteroatoms. The molecule has 0 aliphatic rings. The van der Waals surface area contributed by atoms with Crippen molar-refractivity contribution in [3.05, 3.63) is 58.7 Å². The van der Waals surface area contributed by atoms with Gasteiger partial charge >= 0.3 is 0 Å². The molecule has 2 amide bonds. The summed E-state index contributed by atoms with van der Waals surface area (Å²) < 4.78 is 0. The van der Waals surface area contributed by atoms with E-state index < -0.39 is 0 Å². The minimum atomic E-state index is -0.215. The number of nitrogens with one attached hydrogen (secondary N) is 1. The van der Waals surface area contributed by atoms with Crippen LogP contribution in [0.15, 0.2) is 36.4 Å². The van der Waals surface area contributed by atoms with Gasteiger partial charge in [0.2, 0.25) is 11.8 Å². The van der Waals surface area contributed by atoms with Crippen LogP contribution < -0.4 is 10.2 Å². The molecule has 0 spiro atoms. The number of nitrogens with zero attached hydrogens (tertiary/aromatic N) is 1. The molecule has 2 aromatic rings. The molecule has 4 nitrogen and oxygen atoms in total. The second-order valence-corrected chi connectivity index (χ2v) is 6.30. The molecular weight excluding hydrogens is 300 g/mol. The van der Waals surface area contributed by atoms with Crippen LogP contribution in [0.4, 0.5) is 11.4 Å². The number of rotatable bonds is 4. The third-order valence-electron chi connectivity index (χ3n) is 3.99. The zero-order chi connectivity index (χ0) is 17.9. The predicted molar refractivity (Wildman–Crippen MR) is 98.5 cm³/mol. The monoisotopic (exact) mass is 324 g/mol. The summed E-state index contributed by atoms with van der Waals surface area (Å²) in [4.78, 5) is 25.9. The lowest BCUT2D eigenvalue weighted by Crippen LogP contribution is -2.36. The number of benzene rings is 2. The zero-order valence-corrected chi connectivity index (χ0v) is 14.9. The van der Waals surface area contributed by atoms with E-state index in [2.05, 4.69) is 5.32 Å². The molecule has 24 heavy (non-hydrogen) atoms. The molecule has 0 bridgehead atoms. The van der Waals surface area contributed by atoms with Gasteiger partial charge in [-0.3, -0.25) is 9.59 Å². The van der Waals surface area contributed by atoms with Crippen LogP contribution in [0.3, 0.4) is 0 Å². The third-order valence-corrected chi connectivity index (χ3v) is 3.99. The normalized spacial score (nSPS) is 10.4. The van der Waals surface area contributed by atoms with Crippen LogP contribution in [-0.2, 0) is 9.59 Å². The standard InChI is InChI=1S/C20H24N2O2/c1-13-8-14(2)10-19(9-13)22(17(5)23)12-20(24)21-18-7-6-15(3)16(4)11-18/h6-11H,12H2,1-5H3,(H,21,24). The Balaban J connectivity index is 2.16. The van der Waals surface area contributed by atoms with Gasteiger partial charge in [-0.05, 0) is 74.2 Å². The summed E-state index contributed by atoms with van der Waals surface area (Å²) in [6, 6.07) is 11.6. The van der Waals surface area contributed by atoms with Crippen molar-refractivity contribution in [1.82, 2.24) is 0 Å². The lowest BCUT2D eigenvalue weighted by molar-refractivity contribution is -0.120. The Morgan fingerprint density at radius 3 is 2.08 bits per heavy atom. The van der Waals surface area contributed by atoms with Crippen molar-refractivity contribution in [2.45, 2.75) is 34.6 Å². The molecule has 0 saturated carbocycles. The maximum atomic E-state index is 12.4. The van der Waals surface area contributed by atoms with Gasteiger partial charge in [-0.25, -0.2) is 0 Å². The number of carbonyl (C=O) groups excluding carboxylic acids is 2. The summed E-state index contributed by atoms with van der Waals surface area (Å²) >= 11 is 0. The Morgan fingerprint density at radius 2 is 1.54 bits per heavy atom. The van der Waals surface area contributed by atoms with Gasteiger partial charge in [-0.1, -0.05) is 12.1 Å². The Kier molecular flexibility index (Phi) is 5.39. The molecule has 2 rings (SSSR count). The minimum absolute atomic E-state index is 0.00878. The van der Waals surface area contributed by atoms with E-state index in [9.17, 15) is 9.59 Å². The fourth-order valence-electron chi connectivity index (χ4n) is 2.65. The van der Waals surface area contributed by atoms with Crippen LogP contribution in [-0.4, -0.2) is 18.4 Å². The van der Waals surface area contributed by atoms with Crippen molar-refractivity contribution in [1.29, 1.82) is 0 Å². The Labute approximate surface area is 143 Å². The fourth-order valence-corrected chi connectivity index (χ4v) is 2.65. The van der Waals surface area contributed by atoms with Gasteiger partial charge < -0.3 is 10.2 Å². The lowest BCUT2D eigenvalue weighted by Gasteiger charge is -2.22. The van der Waals surface area contributed by atoms with Crippen LogP contribution in [0.25, 0.3) is 0 Å². The van der Waals surface area contributed by atoms with Crippen molar-refractivity contribution >= 4 is 23.2 Å². The van der Waals surface area contributed by atoms with Gasteiger partial charge in [0.25, 0.3) is 0 Å². The molecule has 0 aliphatic heterocycles. The van der Waals surface area contributed by atoms with Crippen LogP contribution in [0.5, 0.6) is 0 Å². The van der Waals surface area contributed by atoms with Crippen LogP contribution in [0, 0.1) is 27.7 Å². The van der Waals surface area contributed by atoms with E-state index in [1.165, 1.54) is 17.4 Å². The maximum absolute atomic E-state index is 12.4. The molecule has 2 aromatic carbocycles. The molecule has 126 valence electrons. The number of amides is 2. The topological polar surface area (TPSA) is 49.4 Å². The van der Waals surface area contributed by atoms with Crippen molar-refractivity contribution in [2.24, 2.45) is 0 Å². The van der Waals surface area contributed by atoms with Crippen LogP contribution in [0.1, 0.15) is 29.2 Å². The van der Waals surface area contributed by atoms with E-state index in [4.69, 9.17) is 0 Å². The highest BCUT2D eigenvalue weighted by Gasteiger charge is 2.16. The summed E-state index contributed by atoms with van der Waals surface area (Å²) in [6.07, 6.45) is 0. The van der Waals surface area contributed by atoms with Gasteiger partial charge in [-0.2, -0.15) is 0 Å². The summed E-state index contributed by atoms with van der Waals surface area (Å²) in [7, 11) is 0. The molecule has 0 saturated heterocycles. The van der Waals surface area contributed by atoms with Gasteiger partial charge in [0.1, 0.15) is 6.54 Å². The zero-order valence-electron chi connectivity index (χ0n) is 14.9. The van der Waals surface area contributed by atoms with E-state index in [1.54, 1.807) is 0 Å². The first-order valence-electron chi connectivity index (χ1n) is 8.00. The Hall–Kier alpha value is -2.62. The first-order valence-corrected chi connectivity index (χ1v) is 8.00. The summed E-state index contributed by atoms with van der Waals surface area (Å²) in [5.74, 6) is -0.372. The van der Waals surface area contributed by atoms with E-state index in [0.29, 0.717) is 0 Å². The molecule has 0 fully saturated rings.